The summed E-state index contributed by atoms with van der Waals surface area (Å²) in [6.07, 6.45) is 6.52. The molecular formula is C16H20ClFN6O. The summed E-state index contributed by atoms with van der Waals surface area (Å²) in [6.45, 7) is 3.13. The fourth-order valence-electron chi connectivity index (χ4n) is 2.92. The quantitative estimate of drug-likeness (QED) is 0.809. The molecule has 134 valence electrons. The third-order valence-corrected chi connectivity index (χ3v) is 4.39. The molecule has 0 bridgehead atoms. The Kier molecular flexibility index (Phi) is 5.80. The zero-order chi connectivity index (χ0) is 17.6. The van der Waals surface area contributed by atoms with E-state index in [4.69, 9.17) is 11.6 Å². The Balaban J connectivity index is 1.51. The van der Waals surface area contributed by atoms with Crippen molar-refractivity contribution in [2.75, 3.05) is 31.1 Å². The van der Waals surface area contributed by atoms with E-state index in [1.807, 2.05) is 9.80 Å². The van der Waals surface area contributed by atoms with Gasteiger partial charge in [0.15, 0.2) is 11.6 Å². The Morgan fingerprint density at radius 2 is 2.16 bits per heavy atom. The topological polar surface area (TPSA) is 67.2 Å². The summed E-state index contributed by atoms with van der Waals surface area (Å²) in [4.78, 5) is 24.1. The van der Waals surface area contributed by atoms with E-state index in [2.05, 4.69) is 15.1 Å². The summed E-state index contributed by atoms with van der Waals surface area (Å²) in [6, 6.07) is 1.27. The molecule has 0 N–H and O–H groups in total. The third kappa shape index (κ3) is 4.66. The summed E-state index contributed by atoms with van der Waals surface area (Å²) in [7, 11) is 0. The molecule has 2 aromatic rings. The van der Waals surface area contributed by atoms with E-state index in [-0.39, 0.29) is 10.9 Å². The van der Waals surface area contributed by atoms with Crippen LogP contribution >= 0.6 is 11.6 Å². The molecule has 1 amide bonds. The highest BCUT2D eigenvalue weighted by atomic mass is 35.5. The van der Waals surface area contributed by atoms with Crippen LogP contribution in [0.4, 0.5) is 10.2 Å². The number of pyridine rings is 1. The van der Waals surface area contributed by atoms with Crippen molar-refractivity contribution in [1.82, 2.24) is 24.6 Å². The highest BCUT2D eigenvalue weighted by molar-refractivity contribution is 6.30. The number of carbonyl (C=O) groups excluding carboxylic acids is 1. The lowest BCUT2D eigenvalue weighted by molar-refractivity contribution is -0.131. The predicted molar refractivity (Wildman–Crippen MR) is 91.9 cm³/mol. The Morgan fingerprint density at radius 1 is 1.28 bits per heavy atom. The molecule has 3 heterocycles. The molecule has 25 heavy (non-hydrogen) atoms. The van der Waals surface area contributed by atoms with Crippen molar-refractivity contribution in [3.63, 3.8) is 0 Å². The molecule has 9 heteroatoms. The second-order valence-electron chi connectivity index (χ2n) is 5.94. The van der Waals surface area contributed by atoms with Gasteiger partial charge in [-0.15, -0.1) is 0 Å². The predicted octanol–water partition coefficient (Wildman–Crippen LogP) is 1.98. The third-order valence-electron chi connectivity index (χ3n) is 4.18. The standard InChI is InChI=1S/C16H20ClFN6O/c17-13-9-14(18)16(20-10-13)23-5-2-4-22(7-8-23)15(25)3-1-6-24-12-19-11-21-24/h9-12H,1-8H2. The van der Waals surface area contributed by atoms with Gasteiger partial charge in [0, 0.05) is 45.3 Å². The summed E-state index contributed by atoms with van der Waals surface area (Å²) in [5, 5.41) is 4.30. The van der Waals surface area contributed by atoms with Gasteiger partial charge in [0.1, 0.15) is 12.7 Å². The average molecular weight is 367 g/mol. The molecule has 0 saturated carbocycles. The van der Waals surface area contributed by atoms with Gasteiger partial charge in [-0.3, -0.25) is 9.48 Å². The zero-order valence-electron chi connectivity index (χ0n) is 13.8. The molecule has 0 aromatic carbocycles. The van der Waals surface area contributed by atoms with Gasteiger partial charge < -0.3 is 9.80 Å². The molecule has 0 unspecified atom stereocenters. The lowest BCUT2D eigenvalue weighted by atomic mass is 10.2. The van der Waals surface area contributed by atoms with E-state index in [0.717, 1.165) is 12.8 Å². The van der Waals surface area contributed by atoms with Crippen LogP contribution < -0.4 is 4.90 Å². The molecule has 2 aromatic heterocycles. The van der Waals surface area contributed by atoms with Crippen LogP contribution in [0.2, 0.25) is 5.02 Å². The van der Waals surface area contributed by atoms with E-state index in [1.165, 1.54) is 18.6 Å². The summed E-state index contributed by atoms with van der Waals surface area (Å²) in [5.41, 5.74) is 0. The van der Waals surface area contributed by atoms with E-state index >= 15 is 0 Å². The molecule has 0 atom stereocenters. The van der Waals surface area contributed by atoms with Gasteiger partial charge in [0.25, 0.3) is 0 Å². The van der Waals surface area contributed by atoms with Gasteiger partial charge in [-0.25, -0.2) is 14.4 Å². The molecule has 1 aliphatic heterocycles. The van der Waals surface area contributed by atoms with Crippen LogP contribution in [0.15, 0.2) is 24.9 Å². The fourth-order valence-corrected chi connectivity index (χ4v) is 3.06. The highest BCUT2D eigenvalue weighted by Crippen LogP contribution is 2.21. The van der Waals surface area contributed by atoms with Gasteiger partial charge in [0.05, 0.1) is 5.02 Å². The van der Waals surface area contributed by atoms with E-state index in [1.54, 1.807) is 11.0 Å². The van der Waals surface area contributed by atoms with Gasteiger partial charge in [-0.1, -0.05) is 11.6 Å². The number of halogens is 2. The van der Waals surface area contributed by atoms with Crippen molar-refractivity contribution >= 4 is 23.3 Å². The van der Waals surface area contributed by atoms with Crippen LogP contribution in [0.1, 0.15) is 19.3 Å². The number of nitrogens with zero attached hydrogens (tertiary/aromatic N) is 6. The molecule has 1 aliphatic rings. The molecule has 1 fully saturated rings. The van der Waals surface area contributed by atoms with E-state index in [9.17, 15) is 9.18 Å². The maximum Gasteiger partial charge on any atom is 0.222 e. The molecule has 1 saturated heterocycles. The molecule has 0 aliphatic carbocycles. The van der Waals surface area contributed by atoms with Crippen molar-refractivity contribution in [2.24, 2.45) is 0 Å². The minimum Gasteiger partial charge on any atom is -0.352 e. The number of aryl methyl sites for hydroxylation is 1. The van der Waals surface area contributed by atoms with E-state index in [0.29, 0.717) is 45.0 Å². The molecule has 7 nitrogen and oxygen atoms in total. The molecule has 0 spiro atoms. The van der Waals surface area contributed by atoms with Crippen LogP contribution in [0.25, 0.3) is 0 Å². The Hall–Kier alpha value is -2.22. The van der Waals surface area contributed by atoms with E-state index < -0.39 is 5.82 Å². The van der Waals surface area contributed by atoms with Gasteiger partial charge in [-0.05, 0) is 18.9 Å². The van der Waals surface area contributed by atoms with Gasteiger partial charge in [0.2, 0.25) is 5.91 Å². The number of anilines is 1. The minimum absolute atomic E-state index is 0.117. The fraction of sp³-hybridized carbons (Fsp3) is 0.500. The zero-order valence-corrected chi connectivity index (χ0v) is 14.6. The first kappa shape index (κ1) is 17.6. The number of aromatic nitrogens is 4. The number of hydrogen-bond acceptors (Lipinski definition) is 5. The maximum atomic E-state index is 14.0. The summed E-state index contributed by atoms with van der Waals surface area (Å²) >= 11 is 5.75. The first-order chi connectivity index (χ1) is 12.1. The van der Waals surface area contributed by atoms with Crippen LogP contribution in [-0.2, 0) is 11.3 Å². The van der Waals surface area contributed by atoms with Crippen LogP contribution in [-0.4, -0.2) is 56.7 Å². The lowest BCUT2D eigenvalue weighted by Crippen LogP contribution is -2.35. The molecule has 3 rings (SSSR count). The number of carbonyl (C=O) groups is 1. The van der Waals surface area contributed by atoms with Crippen molar-refractivity contribution in [1.29, 1.82) is 0 Å². The van der Waals surface area contributed by atoms with Crippen LogP contribution in [0, 0.1) is 5.82 Å². The largest absolute Gasteiger partial charge is 0.352 e. The highest BCUT2D eigenvalue weighted by Gasteiger charge is 2.21. The SMILES string of the molecule is O=C(CCCn1cncn1)N1CCCN(c2ncc(Cl)cc2F)CC1. The van der Waals surface area contributed by atoms with Gasteiger partial charge in [-0.2, -0.15) is 5.10 Å². The Morgan fingerprint density at radius 3 is 2.92 bits per heavy atom. The molecular weight excluding hydrogens is 347 g/mol. The second kappa shape index (κ2) is 8.24. The van der Waals surface area contributed by atoms with Gasteiger partial charge >= 0.3 is 0 Å². The second-order valence-corrected chi connectivity index (χ2v) is 6.38. The first-order valence-corrected chi connectivity index (χ1v) is 8.67. The summed E-state index contributed by atoms with van der Waals surface area (Å²) in [5.74, 6) is -0.0171. The van der Waals surface area contributed by atoms with Crippen molar-refractivity contribution in [3.8, 4) is 0 Å². The monoisotopic (exact) mass is 366 g/mol. The minimum atomic E-state index is -0.430. The number of rotatable bonds is 5. The summed E-state index contributed by atoms with van der Waals surface area (Å²) < 4.78 is 15.8. The average Bonchev–Trinajstić information content (AvgIpc) is 2.98. The normalized spacial score (nSPS) is 15.3. The number of hydrogen-bond donors (Lipinski definition) is 0. The lowest BCUT2D eigenvalue weighted by Gasteiger charge is -2.23. The van der Waals surface area contributed by atoms with Crippen molar-refractivity contribution in [3.05, 3.63) is 35.8 Å². The first-order valence-electron chi connectivity index (χ1n) is 8.29. The van der Waals surface area contributed by atoms with Crippen LogP contribution in [0.3, 0.4) is 0 Å². The molecule has 0 radical (unpaired) electrons. The Labute approximate surface area is 150 Å². The maximum absolute atomic E-state index is 14.0. The van der Waals surface area contributed by atoms with Crippen molar-refractivity contribution in [2.45, 2.75) is 25.8 Å². The Bertz CT molecular complexity index is 711. The number of amides is 1. The van der Waals surface area contributed by atoms with Crippen LogP contribution in [0.5, 0.6) is 0 Å². The van der Waals surface area contributed by atoms with Crippen molar-refractivity contribution < 1.29 is 9.18 Å². The smallest absolute Gasteiger partial charge is 0.222 e.